The van der Waals surface area contributed by atoms with E-state index in [0.29, 0.717) is 31.2 Å². The Bertz CT molecular complexity index is 1450. The Balaban J connectivity index is 0.00000133. The minimum Gasteiger partial charge on any atom is -0.504 e. The summed E-state index contributed by atoms with van der Waals surface area (Å²) in [7, 11) is 0. The fourth-order valence-electron chi connectivity index (χ4n) is 5.20. The number of anilines is 1. The molecule has 2 fully saturated rings. The van der Waals surface area contributed by atoms with Crippen molar-refractivity contribution in [3.63, 3.8) is 0 Å². The molecule has 5 rings (SSSR count). The van der Waals surface area contributed by atoms with Gasteiger partial charge in [0.05, 0.1) is 42.1 Å². The van der Waals surface area contributed by atoms with Crippen molar-refractivity contribution in [1.82, 2.24) is 15.1 Å². The largest absolute Gasteiger partial charge is 0.504 e. The van der Waals surface area contributed by atoms with E-state index in [4.69, 9.17) is 4.74 Å². The molecule has 16 heteroatoms. The number of morpholine rings is 1. The number of carbonyl (C=O) groups is 3. The van der Waals surface area contributed by atoms with Crippen LogP contribution in [0.3, 0.4) is 0 Å². The predicted octanol–water partition coefficient (Wildman–Crippen LogP) is 1.64. The highest BCUT2D eigenvalue weighted by Gasteiger charge is 2.52. The lowest BCUT2D eigenvalue weighted by molar-refractivity contribution is -0.167. The highest BCUT2D eigenvalue weighted by molar-refractivity contribution is 6.09. The van der Waals surface area contributed by atoms with E-state index >= 15 is 4.39 Å². The molecule has 0 radical (unpaired) electrons. The number of nitrogens with one attached hydrogen (secondary N) is 2. The Morgan fingerprint density at radius 2 is 1.47 bits per heavy atom. The zero-order valence-electron chi connectivity index (χ0n) is 25.4. The van der Waals surface area contributed by atoms with Gasteiger partial charge in [0.15, 0.2) is 34.6 Å². The highest BCUT2D eigenvalue weighted by Crippen LogP contribution is 2.51. The molecule has 2 aromatic carbocycles. The molecule has 15 nitrogen and oxygen atoms in total. The maximum Gasteiger partial charge on any atom is 0.279 e. The second kappa shape index (κ2) is 14.0. The first-order chi connectivity index (χ1) is 21.4. The monoisotopic (exact) mass is 638 g/mol. The SMILES string of the molecule is CC.CC.O=C1CCC(O)(N2Cc3c(NCc4c(O)c(O)c(CN5CCOCC5)c(O)c4F)c(O)c(O)c(O)c3C2=O)C(=O)N1. The Hall–Kier alpha value is -4.54. The first-order valence-electron chi connectivity index (χ1n) is 14.5. The topological polar surface area (TPSA) is 233 Å². The van der Waals surface area contributed by atoms with E-state index in [2.05, 4.69) is 5.32 Å². The summed E-state index contributed by atoms with van der Waals surface area (Å²) >= 11 is 0. The van der Waals surface area contributed by atoms with Gasteiger partial charge in [0.25, 0.3) is 11.8 Å². The number of phenolic OH excluding ortho intramolecular Hbond substituents is 6. The van der Waals surface area contributed by atoms with Crippen LogP contribution < -0.4 is 10.6 Å². The molecule has 3 aliphatic heterocycles. The van der Waals surface area contributed by atoms with Gasteiger partial charge in [-0.15, -0.1) is 0 Å². The molecule has 248 valence electrons. The molecule has 0 spiro atoms. The van der Waals surface area contributed by atoms with Crippen molar-refractivity contribution in [2.45, 2.75) is 65.9 Å². The number of amides is 3. The summed E-state index contributed by atoms with van der Waals surface area (Å²) in [6.07, 6.45) is -0.768. The maximum atomic E-state index is 15.2. The summed E-state index contributed by atoms with van der Waals surface area (Å²) in [6.45, 7) is 8.29. The van der Waals surface area contributed by atoms with E-state index in [1.54, 1.807) is 4.90 Å². The Morgan fingerprint density at radius 3 is 2.07 bits per heavy atom. The molecule has 0 bridgehead atoms. The average Bonchev–Trinajstić information content (AvgIpc) is 3.40. The van der Waals surface area contributed by atoms with Crippen molar-refractivity contribution >= 4 is 23.4 Å². The second-order valence-corrected chi connectivity index (χ2v) is 9.92. The zero-order valence-corrected chi connectivity index (χ0v) is 25.4. The van der Waals surface area contributed by atoms with Crippen LogP contribution in [-0.2, 0) is 34.0 Å². The van der Waals surface area contributed by atoms with Gasteiger partial charge in [-0.05, 0) is 0 Å². The van der Waals surface area contributed by atoms with Gasteiger partial charge in [-0.2, -0.15) is 0 Å². The second-order valence-electron chi connectivity index (χ2n) is 9.92. The van der Waals surface area contributed by atoms with Gasteiger partial charge in [-0.1, -0.05) is 27.7 Å². The smallest absolute Gasteiger partial charge is 0.279 e. The average molecular weight is 639 g/mol. The Kier molecular flexibility index (Phi) is 10.9. The number of piperidine rings is 1. The van der Waals surface area contributed by atoms with Crippen LogP contribution in [0.1, 0.15) is 67.6 Å². The number of aliphatic hydroxyl groups is 1. The first kappa shape index (κ1) is 34.9. The van der Waals surface area contributed by atoms with Crippen molar-refractivity contribution in [2.75, 3.05) is 31.6 Å². The minimum absolute atomic E-state index is 0.0840. The van der Waals surface area contributed by atoms with E-state index in [1.165, 1.54) is 0 Å². The number of benzene rings is 2. The summed E-state index contributed by atoms with van der Waals surface area (Å²) in [5, 5.41) is 78.3. The van der Waals surface area contributed by atoms with Crippen molar-refractivity contribution in [3.8, 4) is 34.5 Å². The van der Waals surface area contributed by atoms with Crippen LogP contribution in [0.4, 0.5) is 10.1 Å². The number of nitrogens with zero attached hydrogens (tertiary/aromatic N) is 2. The number of phenols is 6. The van der Waals surface area contributed by atoms with Crippen molar-refractivity contribution in [1.29, 1.82) is 0 Å². The summed E-state index contributed by atoms with van der Waals surface area (Å²) in [6, 6.07) is 0. The number of rotatable bonds is 6. The van der Waals surface area contributed by atoms with Gasteiger partial charge in [-0.3, -0.25) is 29.5 Å². The highest BCUT2D eigenvalue weighted by atomic mass is 19.1. The molecular weight excluding hydrogens is 599 g/mol. The number of carbonyl (C=O) groups excluding carboxylic acids is 3. The molecule has 3 amide bonds. The number of aromatic hydroxyl groups is 6. The van der Waals surface area contributed by atoms with Crippen LogP contribution in [0.5, 0.6) is 34.5 Å². The van der Waals surface area contributed by atoms with Gasteiger partial charge in [-0.25, -0.2) is 4.39 Å². The zero-order chi connectivity index (χ0) is 33.8. The summed E-state index contributed by atoms with van der Waals surface area (Å²) in [5.74, 6) is -10.1. The fourth-order valence-corrected chi connectivity index (χ4v) is 5.20. The molecule has 0 aliphatic carbocycles. The van der Waals surface area contributed by atoms with Crippen LogP contribution in [0.25, 0.3) is 0 Å². The number of hydrogen-bond donors (Lipinski definition) is 9. The van der Waals surface area contributed by atoms with Crippen molar-refractivity contribution < 1.29 is 59.3 Å². The molecular formula is C29H39FN4O11. The van der Waals surface area contributed by atoms with Gasteiger partial charge < -0.3 is 45.8 Å². The number of fused-ring (bicyclic) bond motifs is 1. The van der Waals surface area contributed by atoms with Crippen molar-refractivity contribution in [2.24, 2.45) is 0 Å². The van der Waals surface area contributed by atoms with Gasteiger partial charge >= 0.3 is 0 Å². The molecule has 9 N–H and O–H groups in total. The lowest BCUT2D eigenvalue weighted by atomic mass is 10.00. The molecule has 2 saturated heterocycles. The molecule has 0 saturated carbocycles. The fraction of sp³-hybridized carbons (Fsp3) is 0.483. The van der Waals surface area contributed by atoms with Crippen LogP contribution in [0.2, 0.25) is 0 Å². The van der Waals surface area contributed by atoms with E-state index in [9.17, 15) is 50.1 Å². The standard InChI is InChI=1S/C25H27FN4O11.2C2H6/c26-15-10(18(33)19(34)12(17(15)32)8-29-3-5-41-6-4-29)7-27-16-11-9-30(25(40)2-1-13(31)28-24(25)39)23(38)14(11)20(35)22(37)21(16)36;2*1-2/h27,32-37,40H,1-9H2,(H,28,31,39);2*1-2H3. The van der Waals surface area contributed by atoms with Crippen LogP contribution in [0.15, 0.2) is 0 Å². The predicted molar refractivity (Wildman–Crippen MR) is 156 cm³/mol. The minimum atomic E-state index is -2.50. The van der Waals surface area contributed by atoms with Gasteiger partial charge in [0.2, 0.25) is 17.4 Å². The van der Waals surface area contributed by atoms with Crippen LogP contribution in [0, 0.1) is 5.82 Å². The molecule has 0 aromatic heterocycles. The van der Waals surface area contributed by atoms with Gasteiger partial charge in [0, 0.05) is 44.6 Å². The number of halogens is 1. The first-order valence-corrected chi connectivity index (χ1v) is 14.5. The number of ether oxygens (including phenoxy) is 1. The summed E-state index contributed by atoms with van der Waals surface area (Å²) in [4.78, 5) is 39.6. The summed E-state index contributed by atoms with van der Waals surface area (Å²) < 4.78 is 20.5. The Labute approximate surface area is 258 Å². The third kappa shape index (κ3) is 6.21. The Morgan fingerprint density at radius 1 is 0.867 bits per heavy atom. The molecule has 45 heavy (non-hydrogen) atoms. The van der Waals surface area contributed by atoms with Gasteiger partial charge in [0.1, 0.15) is 0 Å². The molecule has 1 unspecified atom stereocenters. The van der Waals surface area contributed by atoms with Crippen LogP contribution >= 0.6 is 0 Å². The van der Waals surface area contributed by atoms with E-state index in [-0.39, 0.29) is 24.1 Å². The van der Waals surface area contributed by atoms with E-state index in [1.807, 2.05) is 33.0 Å². The van der Waals surface area contributed by atoms with E-state index in [0.717, 1.165) is 0 Å². The molecule has 3 heterocycles. The molecule has 2 aromatic rings. The normalized spacial score (nSPS) is 19.6. The third-order valence-electron chi connectivity index (χ3n) is 7.55. The number of hydrogen-bond acceptors (Lipinski definition) is 13. The summed E-state index contributed by atoms with van der Waals surface area (Å²) in [5.41, 5.74) is -4.61. The lowest BCUT2D eigenvalue weighted by Crippen LogP contribution is -2.63. The maximum absolute atomic E-state index is 15.2. The molecule has 3 aliphatic rings. The third-order valence-corrected chi connectivity index (χ3v) is 7.55. The van der Waals surface area contributed by atoms with Crippen LogP contribution in [-0.4, -0.2) is 95.3 Å². The van der Waals surface area contributed by atoms with Crippen molar-refractivity contribution in [3.05, 3.63) is 28.1 Å². The number of imide groups is 1. The lowest BCUT2D eigenvalue weighted by Gasteiger charge is -2.37. The van der Waals surface area contributed by atoms with E-state index < -0.39 is 100 Å². The molecule has 1 atom stereocenters. The quantitative estimate of drug-likeness (QED) is 0.125.